The zero-order chi connectivity index (χ0) is 13.3. The number of anilines is 3. The average Bonchev–Trinajstić information content (AvgIpc) is 2.33. The van der Waals surface area contributed by atoms with Crippen LogP contribution in [0.4, 0.5) is 17.1 Å². The molecule has 0 fully saturated rings. The standard InChI is InChI=1S/C15H19N3/c1-9-6-13(15(18)8-14(9)17)10(2)11-4-3-5-12(16)7-11/h3-8,10H,16-18H2,1-2H3. The Morgan fingerprint density at radius 3 is 2.33 bits per heavy atom. The first-order valence-electron chi connectivity index (χ1n) is 6.00. The summed E-state index contributed by atoms with van der Waals surface area (Å²) in [4.78, 5) is 0. The Balaban J connectivity index is 2.46. The van der Waals surface area contributed by atoms with Gasteiger partial charge in [0.2, 0.25) is 0 Å². The lowest BCUT2D eigenvalue weighted by atomic mass is 9.90. The highest BCUT2D eigenvalue weighted by molar-refractivity contribution is 5.63. The van der Waals surface area contributed by atoms with Gasteiger partial charge in [-0.2, -0.15) is 0 Å². The lowest BCUT2D eigenvalue weighted by Gasteiger charge is -2.17. The molecular weight excluding hydrogens is 222 g/mol. The molecule has 3 heteroatoms. The van der Waals surface area contributed by atoms with Gasteiger partial charge in [-0.05, 0) is 41.8 Å². The molecule has 0 heterocycles. The van der Waals surface area contributed by atoms with Gasteiger partial charge in [-0.25, -0.2) is 0 Å². The molecule has 3 nitrogen and oxygen atoms in total. The second-order valence-corrected chi connectivity index (χ2v) is 4.73. The zero-order valence-electron chi connectivity index (χ0n) is 10.8. The van der Waals surface area contributed by atoms with Gasteiger partial charge in [0.25, 0.3) is 0 Å². The van der Waals surface area contributed by atoms with Crippen LogP contribution in [-0.2, 0) is 0 Å². The molecule has 94 valence electrons. The Kier molecular flexibility index (Phi) is 3.15. The second kappa shape index (κ2) is 4.61. The third kappa shape index (κ3) is 2.25. The molecule has 0 bridgehead atoms. The minimum absolute atomic E-state index is 0.202. The van der Waals surface area contributed by atoms with Crippen LogP contribution in [0.1, 0.15) is 29.5 Å². The SMILES string of the molecule is Cc1cc(C(C)c2cccc(N)c2)c(N)cc1N. The minimum atomic E-state index is 0.202. The fraction of sp³-hybridized carbons (Fsp3) is 0.200. The van der Waals surface area contributed by atoms with E-state index in [1.807, 2.05) is 31.2 Å². The molecule has 0 radical (unpaired) electrons. The number of benzene rings is 2. The highest BCUT2D eigenvalue weighted by Gasteiger charge is 2.13. The maximum Gasteiger partial charge on any atom is 0.0373 e. The smallest absolute Gasteiger partial charge is 0.0373 e. The van der Waals surface area contributed by atoms with E-state index in [9.17, 15) is 0 Å². The zero-order valence-corrected chi connectivity index (χ0v) is 10.8. The summed E-state index contributed by atoms with van der Waals surface area (Å²) in [5.41, 5.74) is 23.3. The van der Waals surface area contributed by atoms with E-state index in [1.165, 1.54) is 0 Å². The van der Waals surface area contributed by atoms with Gasteiger partial charge in [-0.15, -0.1) is 0 Å². The van der Waals surface area contributed by atoms with Crippen LogP contribution in [0.5, 0.6) is 0 Å². The van der Waals surface area contributed by atoms with Gasteiger partial charge in [-0.3, -0.25) is 0 Å². The first-order chi connectivity index (χ1) is 8.49. The molecule has 0 aliphatic carbocycles. The number of aryl methyl sites for hydroxylation is 1. The van der Waals surface area contributed by atoms with Crippen molar-refractivity contribution in [2.24, 2.45) is 0 Å². The molecule has 1 atom stereocenters. The summed E-state index contributed by atoms with van der Waals surface area (Å²) in [7, 11) is 0. The molecule has 0 amide bonds. The second-order valence-electron chi connectivity index (χ2n) is 4.73. The van der Waals surface area contributed by atoms with Crippen LogP contribution in [0, 0.1) is 6.92 Å². The highest BCUT2D eigenvalue weighted by atomic mass is 14.6. The van der Waals surface area contributed by atoms with Crippen molar-refractivity contribution in [2.45, 2.75) is 19.8 Å². The number of hydrogen-bond donors (Lipinski definition) is 3. The van der Waals surface area contributed by atoms with Gasteiger partial charge in [0.05, 0.1) is 0 Å². The van der Waals surface area contributed by atoms with Crippen LogP contribution in [0.15, 0.2) is 36.4 Å². The van der Waals surface area contributed by atoms with E-state index in [1.54, 1.807) is 0 Å². The summed E-state index contributed by atoms with van der Waals surface area (Å²) in [5.74, 6) is 0.202. The molecule has 0 aliphatic rings. The van der Waals surface area contributed by atoms with Crippen LogP contribution in [-0.4, -0.2) is 0 Å². The average molecular weight is 241 g/mol. The maximum absolute atomic E-state index is 6.06. The monoisotopic (exact) mass is 241 g/mol. The van der Waals surface area contributed by atoms with Gasteiger partial charge >= 0.3 is 0 Å². The van der Waals surface area contributed by atoms with Crippen molar-refractivity contribution < 1.29 is 0 Å². The topological polar surface area (TPSA) is 78.1 Å². The maximum atomic E-state index is 6.06. The number of nitrogens with two attached hydrogens (primary N) is 3. The Hall–Kier alpha value is -2.16. The summed E-state index contributed by atoms with van der Waals surface area (Å²) in [6.07, 6.45) is 0. The normalized spacial score (nSPS) is 12.3. The summed E-state index contributed by atoms with van der Waals surface area (Å²) in [5, 5.41) is 0. The lowest BCUT2D eigenvalue weighted by Crippen LogP contribution is -2.04. The predicted molar refractivity (Wildman–Crippen MR) is 78.4 cm³/mol. The molecule has 0 saturated carbocycles. The van der Waals surface area contributed by atoms with E-state index in [0.717, 1.165) is 33.8 Å². The van der Waals surface area contributed by atoms with Crippen LogP contribution >= 0.6 is 0 Å². The lowest BCUT2D eigenvalue weighted by molar-refractivity contribution is 0.924. The number of nitrogen functional groups attached to an aromatic ring is 3. The fourth-order valence-corrected chi connectivity index (χ4v) is 2.15. The Morgan fingerprint density at radius 1 is 0.944 bits per heavy atom. The molecule has 2 aromatic carbocycles. The summed E-state index contributed by atoms with van der Waals surface area (Å²) in [6, 6.07) is 11.8. The van der Waals surface area contributed by atoms with Gasteiger partial charge in [0.1, 0.15) is 0 Å². The molecule has 1 unspecified atom stereocenters. The molecule has 2 rings (SSSR count). The van der Waals surface area contributed by atoms with E-state index in [2.05, 4.69) is 19.1 Å². The van der Waals surface area contributed by atoms with Crippen molar-refractivity contribution in [3.63, 3.8) is 0 Å². The minimum Gasteiger partial charge on any atom is -0.399 e. The Morgan fingerprint density at radius 2 is 1.67 bits per heavy atom. The van der Waals surface area contributed by atoms with Gasteiger partial charge in [-0.1, -0.05) is 25.1 Å². The highest BCUT2D eigenvalue weighted by Crippen LogP contribution is 2.32. The molecule has 18 heavy (non-hydrogen) atoms. The van der Waals surface area contributed by atoms with Crippen molar-refractivity contribution in [2.75, 3.05) is 17.2 Å². The van der Waals surface area contributed by atoms with Crippen molar-refractivity contribution in [1.82, 2.24) is 0 Å². The summed E-state index contributed by atoms with van der Waals surface area (Å²) >= 11 is 0. The van der Waals surface area contributed by atoms with Crippen molar-refractivity contribution >= 4 is 17.1 Å². The van der Waals surface area contributed by atoms with Crippen molar-refractivity contribution in [3.05, 3.63) is 53.1 Å². The summed E-state index contributed by atoms with van der Waals surface area (Å²) in [6.45, 7) is 4.11. The first-order valence-corrected chi connectivity index (χ1v) is 6.00. The molecule has 0 saturated heterocycles. The number of rotatable bonds is 2. The molecule has 2 aromatic rings. The van der Waals surface area contributed by atoms with Crippen LogP contribution in [0.25, 0.3) is 0 Å². The fourth-order valence-electron chi connectivity index (χ4n) is 2.15. The Labute approximate surface area is 108 Å². The van der Waals surface area contributed by atoms with Gasteiger partial charge in [0.15, 0.2) is 0 Å². The van der Waals surface area contributed by atoms with Gasteiger partial charge < -0.3 is 17.2 Å². The number of hydrogen-bond acceptors (Lipinski definition) is 3. The molecule has 0 aromatic heterocycles. The predicted octanol–water partition coefficient (Wildman–Crippen LogP) is 2.89. The van der Waals surface area contributed by atoms with Crippen LogP contribution in [0.2, 0.25) is 0 Å². The van der Waals surface area contributed by atoms with E-state index in [0.29, 0.717) is 0 Å². The van der Waals surface area contributed by atoms with E-state index >= 15 is 0 Å². The largest absolute Gasteiger partial charge is 0.399 e. The van der Waals surface area contributed by atoms with Crippen molar-refractivity contribution in [1.29, 1.82) is 0 Å². The van der Waals surface area contributed by atoms with Gasteiger partial charge in [0, 0.05) is 23.0 Å². The first kappa shape index (κ1) is 12.3. The van der Waals surface area contributed by atoms with Crippen molar-refractivity contribution in [3.8, 4) is 0 Å². The Bertz CT molecular complexity index is 576. The molecule has 0 spiro atoms. The van der Waals surface area contributed by atoms with E-state index < -0.39 is 0 Å². The molecular formula is C15H19N3. The van der Waals surface area contributed by atoms with Crippen LogP contribution in [0.3, 0.4) is 0 Å². The third-order valence-corrected chi connectivity index (χ3v) is 3.35. The quantitative estimate of drug-likeness (QED) is 0.707. The van der Waals surface area contributed by atoms with E-state index in [4.69, 9.17) is 17.2 Å². The third-order valence-electron chi connectivity index (χ3n) is 3.35. The van der Waals surface area contributed by atoms with Crippen LogP contribution < -0.4 is 17.2 Å². The molecule has 0 aliphatic heterocycles. The summed E-state index contributed by atoms with van der Waals surface area (Å²) < 4.78 is 0. The van der Waals surface area contributed by atoms with E-state index in [-0.39, 0.29) is 5.92 Å². The molecule has 6 N–H and O–H groups in total.